The number of nitrogens with zero attached hydrogens (tertiary/aromatic N) is 3. The van der Waals surface area contributed by atoms with Gasteiger partial charge in [-0.25, -0.2) is 9.18 Å². The Morgan fingerprint density at radius 2 is 1.69 bits per heavy atom. The first-order valence-electron chi connectivity index (χ1n) is 14.0. The first-order valence-corrected chi connectivity index (χ1v) is 14.0. The van der Waals surface area contributed by atoms with Crippen LogP contribution in [0.25, 0.3) is 0 Å². The molecule has 12 heteroatoms. The number of morpholine rings is 1. The molecule has 5 rings (SSSR count). The van der Waals surface area contributed by atoms with Gasteiger partial charge in [-0.2, -0.15) is 26.3 Å². The lowest BCUT2D eigenvalue weighted by Gasteiger charge is -2.52. The lowest BCUT2D eigenvalue weighted by Crippen LogP contribution is -2.59. The van der Waals surface area contributed by atoms with Gasteiger partial charge in [0.15, 0.2) is 0 Å². The predicted octanol–water partition coefficient (Wildman–Crippen LogP) is 7.36. The second-order valence-corrected chi connectivity index (χ2v) is 11.8. The Hall–Kier alpha value is -2.86. The van der Waals surface area contributed by atoms with Crippen LogP contribution >= 0.6 is 0 Å². The number of halogens is 7. The van der Waals surface area contributed by atoms with Crippen LogP contribution in [-0.2, 0) is 17.1 Å². The van der Waals surface area contributed by atoms with Crippen molar-refractivity contribution in [3.05, 3.63) is 70.0 Å². The maximum Gasteiger partial charge on any atom is 0.416 e. The minimum absolute atomic E-state index is 0.0793. The van der Waals surface area contributed by atoms with Crippen molar-refractivity contribution in [3.8, 4) is 0 Å². The number of hydrogen-bond acceptors (Lipinski definition) is 3. The zero-order chi connectivity index (χ0) is 30.6. The predicted molar refractivity (Wildman–Crippen MR) is 141 cm³/mol. The van der Waals surface area contributed by atoms with Crippen LogP contribution in [-0.4, -0.2) is 65.7 Å². The van der Waals surface area contributed by atoms with Crippen molar-refractivity contribution in [2.24, 2.45) is 0 Å². The minimum atomic E-state index is -5.00. The van der Waals surface area contributed by atoms with E-state index in [1.165, 1.54) is 31.0 Å². The smallest absolute Gasteiger partial charge is 0.378 e. The second-order valence-electron chi connectivity index (χ2n) is 11.8. The number of aryl methyl sites for hydroxylation is 1. The van der Waals surface area contributed by atoms with Gasteiger partial charge >= 0.3 is 18.4 Å². The molecule has 1 unspecified atom stereocenters. The molecule has 3 heterocycles. The maximum atomic E-state index is 14.1. The number of amides is 2. The highest BCUT2D eigenvalue weighted by Crippen LogP contribution is 2.49. The van der Waals surface area contributed by atoms with Crippen molar-refractivity contribution in [2.75, 3.05) is 33.4 Å². The summed E-state index contributed by atoms with van der Waals surface area (Å²) in [5, 5.41) is 0. The lowest BCUT2D eigenvalue weighted by atomic mass is 9.78. The van der Waals surface area contributed by atoms with Gasteiger partial charge in [-0.1, -0.05) is 6.07 Å². The van der Waals surface area contributed by atoms with E-state index in [9.17, 15) is 35.5 Å². The Labute approximate surface area is 240 Å². The fourth-order valence-corrected chi connectivity index (χ4v) is 6.97. The third kappa shape index (κ3) is 5.71. The lowest BCUT2D eigenvalue weighted by molar-refractivity contribution is -0.143. The molecule has 0 aliphatic carbocycles. The third-order valence-corrected chi connectivity index (χ3v) is 9.36. The number of likely N-dealkylation sites (tertiary alicyclic amines) is 1. The van der Waals surface area contributed by atoms with Gasteiger partial charge in [0.05, 0.1) is 36.4 Å². The normalized spacial score (nSPS) is 25.9. The van der Waals surface area contributed by atoms with Crippen molar-refractivity contribution in [1.82, 2.24) is 14.7 Å². The largest absolute Gasteiger partial charge is 0.416 e. The summed E-state index contributed by atoms with van der Waals surface area (Å²) in [5.41, 5.74) is -1.90. The summed E-state index contributed by atoms with van der Waals surface area (Å²) in [7, 11) is 1.38. The number of benzene rings is 2. The average molecular weight is 602 g/mol. The summed E-state index contributed by atoms with van der Waals surface area (Å²) >= 11 is 0. The fourth-order valence-electron chi connectivity index (χ4n) is 6.97. The van der Waals surface area contributed by atoms with Crippen molar-refractivity contribution >= 4 is 6.03 Å². The molecule has 1 spiro atoms. The number of piperidine rings is 1. The van der Waals surface area contributed by atoms with Crippen LogP contribution in [0.15, 0.2) is 36.4 Å². The maximum absolute atomic E-state index is 14.1. The molecule has 0 bridgehead atoms. The summed E-state index contributed by atoms with van der Waals surface area (Å²) in [6.07, 6.45) is -6.89. The van der Waals surface area contributed by atoms with Gasteiger partial charge in [-0.15, -0.1) is 0 Å². The summed E-state index contributed by atoms with van der Waals surface area (Å²) in [6, 6.07) is 4.00. The van der Waals surface area contributed by atoms with E-state index in [0.29, 0.717) is 50.3 Å². The van der Waals surface area contributed by atoms with Gasteiger partial charge in [0.1, 0.15) is 5.82 Å². The van der Waals surface area contributed by atoms with Crippen LogP contribution in [0.1, 0.15) is 72.5 Å². The van der Waals surface area contributed by atoms with Crippen LogP contribution < -0.4 is 0 Å². The Morgan fingerprint density at radius 1 is 1.02 bits per heavy atom. The summed E-state index contributed by atoms with van der Waals surface area (Å²) < 4.78 is 101. The number of ether oxygens (including phenoxy) is 1. The molecule has 42 heavy (non-hydrogen) atoms. The van der Waals surface area contributed by atoms with Crippen LogP contribution in [0.5, 0.6) is 0 Å². The van der Waals surface area contributed by atoms with Gasteiger partial charge in [-0.3, -0.25) is 4.90 Å². The van der Waals surface area contributed by atoms with E-state index in [0.717, 1.165) is 24.9 Å². The monoisotopic (exact) mass is 601 g/mol. The summed E-state index contributed by atoms with van der Waals surface area (Å²) in [6.45, 7) is 5.52. The Balaban J connectivity index is 1.47. The van der Waals surface area contributed by atoms with Crippen molar-refractivity contribution in [1.29, 1.82) is 0 Å². The van der Waals surface area contributed by atoms with Gasteiger partial charge in [0.25, 0.3) is 0 Å². The molecule has 0 N–H and O–H groups in total. The van der Waals surface area contributed by atoms with Crippen molar-refractivity contribution < 1.29 is 40.3 Å². The van der Waals surface area contributed by atoms with E-state index < -0.39 is 47.4 Å². The molecular formula is C30H34F7N3O2. The molecule has 0 aromatic heterocycles. The first kappa shape index (κ1) is 30.6. The summed E-state index contributed by atoms with van der Waals surface area (Å²) in [4.78, 5) is 19.3. The van der Waals surface area contributed by atoms with Crippen LogP contribution in [0.4, 0.5) is 35.5 Å². The van der Waals surface area contributed by atoms with Gasteiger partial charge in [0.2, 0.25) is 0 Å². The van der Waals surface area contributed by atoms with E-state index >= 15 is 0 Å². The topological polar surface area (TPSA) is 36.0 Å². The molecule has 0 radical (unpaired) electrons. The molecule has 3 aliphatic heterocycles. The number of alkyl halides is 6. The van der Waals surface area contributed by atoms with Gasteiger partial charge < -0.3 is 14.5 Å². The van der Waals surface area contributed by atoms with E-state index in [2.05, 4.69) is 4.90 Å². The average Bonchev–Trinajstić information content (AvgIpc) is 3.28. The number of hydrogen-bond donors (Lipinski definition) is 0. The zero-order valence-electron chi connectivity index (χ0n) is 23.7. The van der Waals surface area contributed by atoms with E-state index in [4.69, 9.17) is 4.74 Å². The van der Waals surface area contributed by atoms with Crippen molar-refractivity contribution in [3.63, 3.8) is 0 Å². The highest BCUT2D eigenvalue weighted by Gasteiger charge is 2.52. The molecule has 3 fully saturated rings. The third-order valence-electron chi connectivity index (χ3n) is 9.36. The number of urea groups is 1. The molecule has 0 saturated carbocycles. The molecule has 3 aliphatic rings. The molecule has 2 amide bonds. The number of carbonyl (C=O) groups excluding carboxylic acids is 1. The molecule has 5 nitrogen and oxygen atoms in total. The SMILES string of the molecule is Cc1cc(F)ccc1[C@H]1CC2(CC[C@H]3COCCN32)CCN1C(=O)N(C)[C@H](C)c1cc(C(F)(F)F)cc(C(F)(F)F)c1. The van der Waals surface area contributed by atoms with Crippen molar-refractivity contribution in [2.45, 2.75) is 75.5 Å². The number of carbonyl (C=O) groups is 1. The van der Waals surface area contributed by atoms with E-state index in [1.54, 1.807) is 17.9 Å². The van der Waals surface area contributed by atoms with Gasteiger partial charge in [-0.05, 0) is 86.6 Å². The number of rotatable bonds is 3. The second kappa shape index (κ2) is 11.0. The highest BCUT2D eigenvalue weighted by atomic mass is 19.4. The highest BCUT2D eigenvalue weighted by molar-refractivity contribution is 5.75. The molecule has 230 valence electrons. The van der Waals surface area contributed by atoms with Crippen LogP contribution in [0, 0.1) is 12.7 Å². The molecular weight excluding hydrogens is 567 g/mol. The summed E-state index contributed by atoms with van der Waals surface area (Å²) in [5.74, 6) is -0.412. The van der Waals surface area contributed by atoms with Crippen LogP contribution in [0.2, 0.25) is 0 Å². The molecule has 4 atom stereocenters. The van der Waals surface area contributed by atoms with Crippen LogP contribution in [0.3, 0.4) is 0 Å². The standard InChI is InChI=1S/C30H34F7N3O2/c1-18-12-23(31)4-5-25(18)26-16-28(7-6-24-17-42-11-10-40(24)28)8-9-39(26)27(41)38(3)19(2)20-13-21(29(32,33)34)15-22(14-20)30(35,36)37/h4-5,12-15,19,24,26H,6-11,16-17H2,1-3H3/t19-,24+,26-,28?/m1/s1. The Bertz CT molecular complexity index is 1300. The Morgan fingerprint density at radius 3 is 2.31 bits per heavy atom. The Kier molecular flexibility index (Phi) is 8.02. The molecule has 2 aromatic carbocycles. The zero-order valence-corrected chi connectivity index (χ0v) is 23.7. The number of fused-ring (bicyclic) bond motifs is 2. The van der Waals surface area contributed by atoms with E-state index in [-0.39, 0.29) is 23.2 Å². The molecule has 3 saturated heterocycles. The van der Waals surface area contributed by atoms with E-state index in [1.807, 2.05) is 0 Å². The molecule has 2 aromatic rings. The fraction of sp³-hybridized carbons (Fsp3) is 0.567. The first-order chi connectivity index (χ1) is 19.6. The quantitative estimate of drug-likeness (QED) is 0.345. The minimum Gasteiger partial charge on any atom is -0.378 e. The van der Waals surface area contributed by atoms with Gasteiger partial charge in [0, 0.05) is 31.7 Å².